The van der Waals surface area contributed by atoms with E-state index in [1.54, 1.807) is 6.92 Å². The van der Waals surface area contributed by atoms with Gasteiger partial charge in [0.1, 0.15) is 5.75 Å². The van der Waals surface area contributed by atoms with Gasteiger partial charge < -0.3 is 9.84 Å². The minimum atomic E-state index is -3.88. The highest BCUT2D eigenvalue weighted by Gasteiger charge is 2.22. The number of esters is 1. The van der Waals surface area contributed by atoms with Gasteiger partial charge in [-0.25, -0.2) is 13.1 Å². The second-order valence-electron chi connectivity index (χ2n) is 4.23. The van der Waals surface area contributed by atoms with Gasteiger partial charge in [0.05, 0.1) is 17.9 Å². The van der Waals surface area contributed by atoms with Crippen molar-refractivity contribution >= 4 is 16.0 Å². The van der Waals surface area contributed by atoms with Crippen LogP contribution < -0.4 is 4.72 Å². The van der Waals surface area contributed by atoms with Crippen molar-refractivity contribution in [2.75, 3.05) is 6.61 Å². The molecule has 1 aromatic rings. The highest BCUT2D eigenvalue weighted by Crippen LogP contribution is 2.16. The molecular weight excluding hydrogens is 294 g/mol. The lowest BCUT2D eigenvalue weighted by Gasteiger charge is -2.16. The Labute approximate surface area is 124 Å². The summed E-state index contributed by atoms with van der Waals surface area (Å²) < 4.78 is 31.5. The Balaban J connectivity index is 2.87. The van der Waals surface area contributed by atoms with Gasteiger partial charge in [-0.3, -0.25) is 4.79 Å². The number of hydrogen-bond donors (Lipinski definition) is 2. The first-order valence-electron chi connectivity index (χ1n) is 6.29. The van der Waals surface area contributed by atoms with Gasteiger partial charge >= 0.3 is 5.97 Å². The molecule has 0 aliphatic rings. The second-order valence-corrected chi connectivity index (χ2v) is 5.95. The molecule has 0 bridgehead atoms. The zero-order valence-electron chi connectivity index (χ0n) is 11.6. The highest BCUT2D eigenvalue weighted by atomic mass is 32.2. The van der Waals surface area contributed by atoms with Gasteiger partial charge in [0, 0.05) is 12.5 Å². The van der Waals surface area contributed by atoms with Gasteiger partial charge in [0.15, 0.2) is 0 Å². The first kappa shape index (κ1) is 17.0. The number of phenols is 1. The van der Waals surface area contributed by atoms with Crippen LogP contribution in [0.3, 0.4) is 0 Å². The van der Waals surface area contributed by atoms with E-state index in [9.17, 15) is 18.3 Å². The molecule has 0 saturated carbocycles. The zero-order chi connectivity index (χ0) is 15.9. The Kier molecular flexibility index (Phi) is 6.21. The van der Waals surface area contributed by atoms with E-state index in [0.717, 1.165) is 6.07 Å². The molecule has 0 aromatic heterocycles. The number of carbonyl (C=O) groups excluding carboxylic acids is 1. The first-order valence-corrected chi connectivity index (χ1v) is 7.77. The largest absolute Gasteiger partial charge is 0.508 e. The van der Waals surface area contributed by atoms with Gasteiger partial charge in [-0.1, -0.05) is 6.07 Å². The van der Waals surface area contributed by atoms with Crippen LogP contribution in [0.5, 0.6) is 5.75 Å². The maximum absolute atomic E-state index is 12.2. The van der Waals surface area contributed by atoms with Gasteiger partial charge in [0.25, 0.3) is 0 Å². The number of ether oxygens (including phenoxy) is 1. The Morgan fingerprint density at radius 2 is 2.24 bits per heavy atom. The smallest absolute Gasteiger partial charge is 0.307 e. The molecule has 0 amide bonds. The number of hydrogen-bond acceptors (Lipinski definition) is 5. The minimum Gasteiger partial charge on any atom is -0.508 e. The number of rotatable bonds is 7. The van der Waals surface area contributed by atoms with E-state index in [2.05, 4.69) is 10.6 Å². The van der Waals surface area contributed by atoms with E-state index in [0.29, 0.717) is 0 Å². The highest BCUT2D eigenvalue weighted by molar-refractivity contribution is 7.89. The van der Waals surface area contributed by atoms with Gasteiger partial charge in [-0.15, -0.1) is 12.3 Å². The maximum Gasteiger partial charge on any atom is 0.307 e. The lowest BCUT2D eigenvalue weighted by Crippen LogP contribution is -2.36. The van der Waals surface area contributed by atoms with Crippen LogP contribution in [0.4, 0.5) is 0 Å². The van der Waals surface area contributed by atoms with Crippen molar-refractivity contribution in [3.8, 4) is 18.1 Å². The van der Waals surface area contributed by atoms with Crippen LogP contribution >= 0.6 is 0 Å². The van der Waals surface area contributed by atoms with Gasteiger partial charge in [-0.2, -0.15) is 0 Å². The van der Waals surface area contributed by atoms with Crippen molar-refractivity contribution in [3.63, 3.8) is 0 Å². The van der Waals surface area contributed by atoms with E-state index < -0.39 is 22.0 Å². The molecule has 6 nitrogen and oxygen atoms in total. The average molecular weight is 311 g/mol. The number of carbonyl (C=O) groups is 1. The van der Waals surface area contributed by atoms with E-state index in [-0.39, 0.29) is 30.1 Å². The maximum atomic E-state index is 12.2. The third kappa shape index (κ3) is 5.45. The Hall–Kier alpha value is -2.04. The monoisotopic (exact) mass is 311 g/mol. The van der Waals surface area contributed by atoms with Crippen molar-refractivity contribution in [1.29, 1.82) is 0 Å². The molecule has 0 saturated heterocycles. The Morgan fingerprint density at radius 1 is 1.52 bits per heavy atom. The normalized spacial score (nSPS) is 12.4. The summed E-state index contributed by atoms with van der Waals surface area (Å²) in [5.74, 6) is 1.62. The third-order valence-electron chi connectivity index (χ3n) is 2.53. The molecule has 21 heavy (non-hydrogen) atoms. The van der Waals surface area contributed by atoms with Crippen molar-refractivity contribution < 1.29 is 23.1 Å². The van der Waals surface area contributed by atoms with E-state index >= 15 is 0 Å². The fourth-order valence-corrected chi connectivity index (χ4v) is 2.93. The topological polar surface area (TPSA) is 92.7 Å². The van der Waals surface area contributed by atoms with Crippen LogP contribution in [-0.4, -0.2) is 32.1 Å². The lowest BCUT2D eigenvalue weighted by molar-refractivity contribution is -0.143. The summed E-state index contributed by atoms with van der Waals surface area (Å²) in [6, 6.07) is 4.45. The second kappa shape index (κ2) is 7.67. The molecule has 0 fully saturated rings. The fourth-order valence-electron chi connectivity index (χ4n) is 1.66. The van der Waals surface area contributed by atoms with Gasteiger partial charge in [-0.05, 0) is 25.1 Å². The summed E-state index contributed by atoms with van der Waals surface area (Å²) in [6.45, 7) is 1.87. The summed E-state index contributed by atoms with van der Waals surface area (Å²) in [4.78, 5) is 11.3. The van der Waals surface area contributed by atoms with Crippen molar-refractivity contribution in [2.24, 2.45) is 0 Å². The molecule has 2 N–H and O–H groups in total. The number of terminal acetylenes is 1. The van der Waals surface area contributed by atoms with Crippen molar-refractivity contribution in [3.05, 3.63) is 24.3 Å². The summed E-state index contributed by atoms with van der Waals surface area (Å²) in [5, 5.41) is 9.33. The average Bonchev–Trinajstić information content (AvgIpc) is 2.38. The molecule has 0 radical (unpaired) electrons. The molecule has 0 aliphatic heterocycles. The van der Waals surface area contributed by atoms with Crippen LogP contribution in [0.25, 0.3) is 0 Å². The molecule has 1 atom stereocenters. The lowest BCUT2D eigenvalue weighted by atomic mass is 10.1. The predicted octanol–water partition coefficient (Wildman–Crippen LogP) is 1.02. The van der Waals surface area contributed by atoms with Crippen LogP contribution in [0, 0.1) is 12.3 Å². The standard InChI is InChI=1S/C14H17NO5S/c1-3-6-11(9-14(17)20-4-2)15-21(18,19)13-8-5-7-12(16)10-13/h1,5,7-8,10-11,15-16H,4,6,9H2,2H3/t11-/m0/s1. The predicted molar refractivity (Wildman–Crippen MR) is 76.9 cm³/mol. The zero-order valence-corrected chi connectivity index (χ0v) is 12.4. The van der Waals surface area contributed by atoms with Crippen molar-refractivity contribution in [2.45, 2.75) is 30.7 Å². The molecule has 0 unspecified atom stereocenters. The molecule has 7 heteroatoms. The Bertz CT molecular complexity index is 633. The Morgan fingerprint density at radius 3 is 2.81 bits per heavy atom. The van der Waals surface area contributed by atoms with E-state index in [4.69, 9.17) is 11.2 Å². The molecule has 1 aromatic carbocycles. The quantitative estimate of drug-likeness (QED) is 0.579. The minimum absolute atomic E-state index is 0.0524. The van der Waals surface area contributed by atoms with Crippen LogP contribution in [0.1, 0.15) is 19.8 Å². The van der Waals surface area contributed by atoms with E-state index in [1.165, 1.54) is 18.2 Å². The number of phenolic OH excluding ortho intramolecular Hbond substituents is 1. The summed E-state index contributed by atoms with van der Waals surface area (Å²) in [6.07, 6.45) is 5.08. The molecule has 114 valence electrons. The fraction of sp³-hybridized carbons (Fsp3) is 0.357. The number of aromatic hydroxyl groups is 1. The molecule has 0 aliphatic carbocycles. The summed E-state index contributed by atoms with van der Waals surface area (Å²) in [7, 11) is -3.88. The summed E-state index contributed by atoms with van der Waals surface area (Å²) in [5.41, 5.74) is 0. The SMILES string of the molecule is C#CC[C@@H](CC(=O)OCC)NS(=O)(=O)c1cccc(O)c1. The molecular formula is C14H17NO5S. The van der Waals surface area contributed by atoms with Crippen LogP contribution in [-0.2, 0) is 19.6 Å². The van der Waals surface area contributed by atoms with Crippen LogP contribution in [0.2, 0.25) is 0 Å². The molecule has 1 rings (SSSR count). The van der Waals surface area contributed by atoms with Crippen molar-refractivity contribution in [1.82, 2.24) is 4.72 Å². The third-order valence-corrected chi connectivity index (χ3v) is 4.05. The first-order chi connectivity index (χ1) is 9.89. The number of sulfonamides is 1. The molecule has 0 spiro atoms. The van der Waals surface area contributed by atoms with Gasteiger partial charge in [0.2, 0.25) is 10.0 Å². The van der Waals surface area contributed by atoms with E-state index in [1.807, 2.05) is 0 Å². The summed E-state index contributed by atoms with van der Waals surface area (Å²) >= 11 is 0. The number of benzene rings is 1. The van der Waals surface area contributed by atoms with Crippen LogP contribution in [0.15, 0.2) is 29.2 Å². The molecule has 0 heterocycles. The number of nitrogens with one attached hydrogen (secondary N) is 1.